The first-order chi connectivity index (χ1) is 26.3. The van der Waals surface area contributed by atoms with Crippen LogP contribution < -0.4 is 0 Å². The van der Waals surface area contributed by atoms with E-state index in [1.165, 1.54) is 0 Å². The molecule has 1 N–H and O–H groups in total. The number of aliphatic hydroxyl groups is 1. The first-order valence-corrected chi connectivity index (χ1v) is 22.7. The van der Waals surface area contributed by atoms with Gasteiger partial charge in [0.1, 0.15) is 24.6 Å². The van der Waals surface area contributed by atoms with Gasteiger partial charge in [-0.05, 0) is 18.1 Å². The van der Waals surface area contributed by atoms with E-state index < -0.39 is 0 Å². The molecule has 0 spiro atoms. The maximum absolute atomic E-state index is 12.2. The number of fused-ring (bicyclic) bond motifs is 3. The lowest BCUT2D eigenvalue weighted by Crippen LogP contribution is -2.28. The van der Waals surface area contributed by atoms with Crippen LogP contribution in [0, 0.1) is 35.5 Å². The van der Waals surface area contributed by atoms with E-state index in [1.807, 2.05) is 36.4 Å². The van der Waals surface area contributed by atoms with E-state index in [-0.39, 0.29) is 121 Å². The topological polar surface area (TPSA) is 161 Å². The summed E-state index contributed by atoms with van der Waals surface area (Å²) in [5.41, 5.74) is 1.16. The average Bonchev–Trinajstić information content (AvgIpc) is 3.94. The number of hydrogen-bond acceptors (Lipinski definition) is 12. The zero-order valence-corrected chi connectivity index (χ0v) is 37.5. The van der Waals surface area contributed by atoms with Crippen LogP contribution in [0.25, 0.3) is 0 Å². The monoisotopic (exact) mass is 870 g/mol. The Labute approximate surface area is 338 Å². The quantitative estimate of drug-likeness (QED) is 0.0772. The highest BCUT2D eigenvalue weighted by Gasteiger charge is 2.52. The minimum atomic E-state index is -0.204. The summed E-state index contributed by atoms with van der Waals surface area (Å²) < 4.78 is 32.9. The second-order valence-electron chi connectivity index (χ2n) is 14.8. The fourth-order valence-electron chi connectivity index (χ4n) is 8.73. The minimum absolute atomic E-state index is 0.00176. The fraction of sp³-hybridized carbons (Fsp3) is 0.618. The van der Waals surface area contributed by atoms with Crippen molar-refractivity contribution in [3.05, 3.63) is 48.0 Å². The molecule has 3 saturated carbocycles. The molecular weight excluding hydrogens is 819 g/mol. The second-order valence-corrected chi connectivity index (χ2v) is 21.0. The number of ketones is 1. The molecule has 1 aromatic carbocycles. The Bertz CT molecular complexity index is 1530. The maximum atomic E-state index is 12.2. The predicted molar refractivity (Wildman–Crippen MR) is 230 cm³/mol. The summed E-state index contributed by atoms with van der Waals surface area (Å²) in [7, 11) is 15.3. The molecule has 3 heterocycles. The largest absolute Gasteiger partial charge is 0.462 e. The van der Waals surface area contributed by atoms with Crippen LogP contribution in [-0.2, 0) is 58.6 Å². The van der Waals surface area contributed by atoms with Crippen molar-refractivity contribution in [2.75, 3.05) is 6.61 Å². The molecule has 6 fully saturated rings. The summed E-state index contributed by atoms with van der Waals surface area (Å²) >= 11 is 0. The lowest BCUT2D eigenvalue weighted by molar-refractivity contribution is -0.142. The summed E-state index contributed by atoms with van der Waals surface area (Å²) in [5.74, 6) is -0.228. The number of allylic oxidation sites excluding steroid dienone is 1. The minimum Gasteiger partial charge on any atom is -0.462 e. The highest BCUT2D eigenvalue weighted by atomic mass is 31.1. The number of aryl methyl sites for hydroxylation is 1. The summed E-state index contributed by atoms with van der Waals surface area (Å²) in [6, 6.07) is 9.99. The number of rotatable bonds is 13. The highest BCUT2D eigenvalue weighted by molar-refractivity contribution is 7.92. The van der Waals surface area contributed by atoms with Crippen LogP contribution in [0.4, 0.5) is 0 Å². The molecule has 6 aliphatic rings. The Kier molecular flexibility index (Phi) is 17.8. The molecule has 55 heavy (non-hydrogen) atoms. The lowest BCUT2D eigenvalue weighted by Gasteiger charge is -2.22. The summed E-state index contributed by atoms with van der Waals surface area (Å²) in [6.07, 6.45) is 8.42. The van der Waals surface area contributed by atoms with Crippen molar-refractivity contribution in [2.24, 2.45) is 35.5 Å². The van der Waals surface area contributed by atoms with E-state index in [9.17, 15) is 29.1 Å². The van der Waals surface area contributed by atoms with Gasteiger partial charge in [-0.3, -0.25) is 19.2 Å². The van der Waals surface area contributed by atoms with E-state index in [2.05, 4.69) is 54.7 Å². The molecule has 0 radical (unpaired) electrons. The SMILES string of the molecule is O=C(/C=C/[C@@H]1[C@H]2CC(=O)O[C@H]2C[C@H]1OB(P)P)CCc1ccccc1.O=C1C[C@@H]2[C@@H](CO)[C@H](OB(P)P)C[C@@H]2O1.O=C[C@@H]1[C@H]2CC(=O)O[C@H]2C[C@H]1OB(P)P. The predicted octanol–water partition coefficient (Wildman–Crippen LogP) is 3.12. The first kappa shape index (κ1) is 45.4. The normalized spacial score (nSPS) is 34.0. The van der Waals surface area contributed by atoms with E-state index in [4.69, 9.17) is 28.2 Å². The van der Waals surface area contributed by atoms with E-state index in [0.29, 0.717) is 44.9 Å². The van der Waals surface area contributed by atoms with Gasteiger partial charge in [0.25, 0.3) is 0 Å². The number of aliphatic hydroxyl groups excluding tert-OH is 1. The Morgan fingerprint density at radius 2 is 1.16 bits per heavy atom. The Morgan fingerprint density at radius 3 is 1.67 bits per heavy atom. The molecule has 6 unspecified atom stereocenters. The molecule has 0 aromatic heterocycles. The van der Waals surface area contributed by atoms with Gasteiger partial charge in [0.05, 0.1) is 31.5 Å². The Morgan fingerprint density at radius 1 is 0.709 bits per heavy atom. The number of esters is 3. The van der Waals surface area contributed by atoms with Gasteiger partial charge in [-0.2, -0.15) is 0 Å². The lowest BCUT2D eigenvalue weighted by atomic mass is 9.91. The highest BCUT2D eigenvalue weighted by Crippen LogP contribution is 2.45. The number of carbonyl (C=O) groups excluding carboxylic acids is 5. The van der Waals surface area contributed by atoms with Gasteiger partial charge in [-0.25, -0.2) is 0 Å². The fourth-order valence-corrected chi connectivity index (χ4v) is 9.94. The standard InChI is InChI=1S/C18H23BO4P2.C8H15BO4P2.C8H13BO4P2/c20-13(7-6-12-4-2-1-3-5-12)8-9-14-15-10-18(21)22-16(15)11-17(14)23-19(24)25;2*10-3-5-4-1-8(11)12-6(4)2-7(5)13-9(14)15/h1-5,8-9,14-17H,6-7,10-11,24-25H2;4-7,10H,1-3,14-15H2;3-7H,1-2,14-15H2/b9-8+;;/t14-,15-,16+,17-;2*4-,5-,6+,7-/m111/s1. The van der Waals surface area contributed by atoms with Gasteiger partial charge in [-0.15, -0.1) is 54.7 Å². The molecule has 298 valence electrons. The van der Waals surface area contributed by atoms with Crippen LogP contribution in [-0.4, -0.2) is 97.4 Å². The zero-order valence-electron chi connectivity index (χ0n) is 30.5. The van der Waals surface area contributed by atoms with Crippen molar-refractivity contribution < 1.29 is 57.3 Å². The maximum Gasteiger partial charge on any atom is 0.336 e. The molecule has 12 nitrogen and oxygen atoms in total. The average molecular weight is 870 g/mol. The molecule has 3 aliphatic heterocycles. The van der Waals surface area contributed by atoms with Gasteiger partial charge in [-0.1, -0.05) is 36.4 Å². The number of hydrogen-bond donors (Lipinski definition) is 1. The van der Waals surface area contributed by atoms with E-state index in [0.717, 1.165) is 18.3 Å². The molecule has 0 bridgehead atoms. The first-order valence-electron chi connectivity index (χ1n) is 18.7. The molecule has 18 atom stereocenters. The van der Waals surface area contributed by atoms with Crippen LogP contribution >= 0.6 is 54.7 Å². The van der Waals surface area contributed by atoms with Crippen molar-refractivity contribution in [1.29, 1.82) is 0 Å². The van der Waals surface area contributed by atoms with Gasteiger partial charge >= 0.3 is 37.0 Å². The zero-order chi connectivity index (χ0) is 39.8. The van der Waals surface area contributed by atoms with Crippen LogP contribution in [0.15, 0.2) is 42.5 Å². The summed E-state index contributed by atoms with van der Waals surface area (Å²) in [4.78, 5) is 56.9. The number of carbonyl (C=O) groups is 5. The van der Waals surface area contributed by atoms with Crippen LogP contribution in [0.1, 0.15) is 50.5 Å². The van der Waals surface area contributed by atoms with Crippen molar-refractivity contribution in [3.8, 4) is 0 Å². The third-order valence-corrected chi connectivity index (χ3v) is 12.1. The van der Waals surface area contributed by atoms with Crippen LogP contribution in [0.3, 0.4) is 0 Å². The molecule has 0 amide bonds. The Balaban J connectivity index is 0.000000167. The van der Waals surface area contributed by atoms with Gasteiger partial charge in [0.2, 0.25) is 0 Å². The van der Waals surface area contributed by atoms with Crippen molar-refractivity contribution in [1.82, 2.24) is 0 Å². The molecule has 3 saturated heterocycles. The molecule has 1 aromatic rings. The smallest absolute Gasteiger partial charge is 0.336 e. The van der Waals surface area contributed by atoms with Crippen LogP contribution in [0.5, 0.6) is 0 Å². The second kappa shape index (κ2) is 21.5. The third kappa shape index (κ3) is 12.7. The Hall–Kier alpha value is -0.675. The van der Waals surface area contributed by atoms with E-state index >= 15 is 0 Å². The van der Waals surface area contributed by atoms with Crippen molar-refractivity contribution in [3.63, 3.8) is 0 Å². The third-order valence-electron chi connectivity index (χ3n) is 11.1. The number of aldehydes is 1. The number of ether oxygens (including phenoxy) is 3. The van der Waals surface area contributed by atoms with Gasteiger partial charge in [0.15, 0.2) is 5.78 Å². The molecular formula is C34H51B3O12P6. The summed E-state index contributed by atoms with van der Waals surface area (Å²) in [5, 5.41) is 9.32. The number of benzene rings is 1. The summed E-state index contributed by atoms with van der Waals surface area (Å²) in [6.45, 7) is 0.0600. The molecule has 21 heteroatoms. The molecule has 7 rings (SSSR count). The van der Waals surface area contributed by atoms with E-state index in [1.54, 1.807) is 6.08 Å². The molecule has 3 aliphatic carbocycles. The van der Waals surface area contributed by atoms with Gasteiger partial charge in [0, 0.05) is 73.9 Å². The van der Waals surface area contributed by atoms with Crippen molar-refractivity contribution in [2.45, 2.75) is 88.0 Å². The van der Waals surface area contributed by atoms with Gasteiger partial charge < -0.3 is 38.1 Å². The van der Waals surface area contributed by atoms with Crippen LogP contribution in [0.2, 0.25) is 0 Å². The van der Waals surface area contributed by atoms with Crippen molar-refractivity contribution >= 4 is 104 Å².